The van der Waals surface area contributed by atoms with Crippen molar-refractivity contribution in [1.29, 1.82) is 0 Å². The molecule has 11 N–H and O–H groups in total. The van der Waals surface area contributed by atoms with Gasteiger partial charge in [0.1, 0.15) is 43.2 Å². The van der Waals surface area contributed by atoms with Gasteiger partial charge in [-0.3, -0.25) is 62.6 Å². The number of ketones is 2. The van der Waals surface area contributed by atoms with Crippen LogP contribution in [0.4, 0.5) is 0 Å². The van der Waals surface area contributed by atoms with Crippen molar-refractivity contribution in [3.05, 3.63) is 47.3 Å². The third-order valence-electron chi connectivity index (χ3n) is 24.3. The average molecular weight is 1730 g/mol. The molecule has 0 radical (unpaired) electrons. The SMILES string of the molecule is CC[C@H](C)[C@@H]([C@@H](CC(=O)N1CCC[C@H]1[C@H](OC)[C@@H](C)C(=O)N[C@H](C)[C@@H](O)c1ccccc1)OC)N(C)C(=O)[C@@H](CC(=O)[C@H](C(C)C)N(C)C(=O)[C@H](C)CC(=O)[C@@H](NC(=O)[C@@H](CCCCNC(=O)COC1CCCCCC2=C1NNN2[C@@H]1O[C@H](CO)[C@H](O)[C@H](O)[C@H]1O)NC(=O)CCOCCOCCOCCOCCN1C(=O)CC(C)C1=O)C(C)C)C(C)C. The molecule has 0 saturated carbocycles. The number of imide groups is 1. The van der Waals surface area contributed by atoms with E-state index in [1.807, 2.05) is 45.9 Å². The maximum Gasteiger partial charge on any atom is 0.246 e. The van der Waals surface area contributed by atoms with E-state index in [9.17, 15) is 73.5 Å². The highest BCUT2D eigenvalue weighted by atomic mass is 16.6. The monoisotopic (exact) mass is 1730 g/mol. The zero-order valence-corrected chi connectivity index (χ0v) is 74.9. The summed E-state index contributed by atoms with van der Waals surface area (Å²) >= 11 is 0. The number of aliphatic hydroxyl groups excluding tert-OH is 5. The first kappa shape index (κ1) is 104. The molecule has 20 atom stereocenters. The number of carbonyl (C=O) groups excluding carboxylic acids is 11. The standard InChI is InChI=1S/C87H145N11O24/c1-17-54(8)76(67(115-15)48-72(105)96-35-26-31-63(96)81(116-16)57(11)82(110)89-58(12)77(106)59-27-20-18-21-28-59)95(14)86(114)60(51(2)3)47-65(101)75(53(6)7)94(13)84(112)55(9)45-64(100)73(52(4)5)91-83(111)61(90-69(102)33-37-117-39-41-119-43-44-120-42-40-118-38-36-97-71(104)46-56(10)85(97)113)29-24-25-34-88-70(103)50-121-66-32-23-19-22-30-62-74(66)92-93-98(62)87-80(109)79(108)78(107)68(49-99)122-87/h18,20-21,27-28,51-58,60-61,63,66-68,73,75-81,87,92-93,99,106-109H,17,19,22-26,29-50H2,1-16H3,(H,88,103)(H,89,110)(H,90,102)(H,91,111)/t54-,55+,56?,57+,58+,60-,61+,63-,66?,67+,68+,73-,75-,76-,77+,78-,79-,80+,81+,87+/m0/s1. The number of hydrogen-bond acceptors (Lipinski definition) is 27. The number of likely N-dealkylation sites (tertiary alicyclic amines) is 2. The first-order valence-electron chi connectivity index (χ1n) is 44.0. The fourth-order valence-electron chi connectivity index (χ4n) is 17.0. The van der Waals surface area contributed by atoms with E-state index in [-0.39, 0.29) is 164 Å². The van der Waals surface area contributed by atoms with Crippen molar-refractivity contribution in [3.8, 4) is 0 Å². The summed E-state index contributed by atoms with van der Waals surface area (Å²) in [5, 5.41) is 65.8. The molecule has 4 aliphatic heterocycles. The predicted octanol–water partition coefficient (Wildman–Crippen LogP) is 2.90. The smallest absolute Gasteiger partial charge is 0.246 e. The van der Waals surface area contributed by atoms with E-state index in [1.54, 1.807) is 84.4 Å². The molecular weight excluding hydrogens is 1580 g/mol. The number of hydrogen-bond donors (Lipinski definition) is 11. The molecule has 1 aromatic carbocycles. The predicted molar refractivity (Wildman–Crippen MR) is 449 cm³/mol. The Morgan fingerprint density at radius 3 is 1.94 bits per heavy atom. The highest BCUT2D eigenvalue weighted by Crippen LogP contribution is 2.36. The molecular formula is C87H145N11O24. The molecule has 0 aromatic heterocycles. The molecule has 35 nitrogen and oxygen atoms in total. The molecule has 5 aliphatic rings. The minimum Gasteiger partial charge on any atom is -0.394 e. The second-order valence-electron chi connectivity index (χ2n) is 34.4. The van der Waals surface area contributed by atoms with Gasteiger partial charge in [0, 0.05) is 84.8 Å². The Morgan fingerprint density at radius 2 is 1.34 bits per heavy atom. The number of nitrogens with one attached hydrogen (secondary N) is 6. The Balaban J connectivity index is 1.05. The quantitative estimate of drug-likeness (QED) is 0.0330. The van der Waals surface area contributed by atoms with Crippen molar-refractivity contribution >= 4 is 64.7 Å². The number of benzene rings is 1. The Labute approximate surface area is 720 Å². The molecule has 3 saturated heterocycles. The molecule has 692 valence electrons. The van der Waals surface area contributed by atoms with E-state index in [0.717, 1.165) is 19.3 Å². The number of nitrogens with zero attached hydrogens (tertiary/aromatic N) is 5. The Morgan fingerprint density at radius 1 is 0.689 bits per heavy atom. The highest BCUT2D eigenvalue weighted by molar-refractivity contribution is 6.03. The third-order valence-corrected chi connectivity index (χ3v) is 24.3. The maximum absolute atomic E-state index is 15.1. The molecule has 0 bridgehead atoms. The molecule has 1 aliphatic carbocycles. The van der Waals surface area contributed by atoms with Crippen LogP contribution in [-0.4, -0.2) is 314 Å². The van der Waals surface area contributed by atoms with Crippen molar-refractivity contribution in [3.63, 3.8) is 0 Å². The summed E-state index contributed by atoms with van der Waals surface area (Å²) in [5.41, 5.74) is 7.97. The number of carbonyl (C=O) groups is 11. The van der Waals surface area contributed by atoms with Crippen molar-refractivity contribution in [2.75, 3.05) is 114 Å². The van der Waals surface area contributed by atoms with Crippen LogP contribution in [0.5, 0.6) is 0 Å². The van der Waals surface area contributed by atoms with Crippen LogP contribution in [0, 0.1) is 47.3 Å². The lowest BCUT2D eigenvalue weighted by Crippen LogP contribution is -2.64. The number of Topliss-reactive ketones (excluding diaryl/α,β-unsaturated/α-hetero) is 2. The second-order valence-corrected chi connectivity index (χ2v) is 34.4. The minimum absolute atomic E-state index is 0.0287. The lowest BCUT2D eigenvalue weighted by Gasteiger charge is -2.44. The van der Waals surface area contributed by atoms with Crippen LogP contribution in [0.2, 0.25) is 0 Å². The van der Waals surface area contributed by atoms with Gasteiger partial charge in [-0.05, 0) is 87.5 Å². The van der Waals surface area contributed by atoms with Crippen LogP contribution in [-0.2, 0) is 90.6 Å². The van der Waals surface area contributed by atoms with Crippen LogP contribution in [0.25, 0.3) is 0 Å². The number of unbranched alkanes of at least 4 members (excludes halogenated alkanes) is 1. The van der Waals surface area contributed by atoms with E-state index in [2.05, 4.69) is 32.2 Å². The fourth-order valence-corrected chi connectivity index (χ4v) is 17.0. The van der Waals surface area contributed by atoms with Gasteiger partial charge in [-0.25, -0.2) is 0 Å². The van der Waals surface area contributed by atoms with Gasteiger partial charge in [-0.1, -0.05) is 126 Å². The highest BCUT2D eigenvalue weighted by Gasteiger charge is 2.50. The van der Waals surface area contributed by atoms with Crippen molar-refractivity contribution in [2.45, 2.75) is 277 Å². The summed E-state index contributed by atoms with van der Waals surface area (Å²) < 4.78 is 46.6. The minimum atomic E-state index is -1.60. The van der Waals surface area contributed by atoms with Gasteiger partial charge < -0.3 is 105 Å². The van der Waals surface area contributed by atoms with Gasteiger partial charge >= 0.3 is 0 Å². The Hall–Kier alpha value is -7.23. The molecule has 122 heavy (non-hydrogen) atoms. The number of aliphatic hydroxyl groups is 5. The zero-order valence-electron chi connectivity index (χ0n) is 74.9. The van der Waals surface area contributed by atoms with Gasteiger partial charge in [0.15, 0.2) is 17.8 Å². The molecule has 1 aromatic rings. The second kappa shape index (κ2) is 52.0. The van der Waals surface area contributed by atoms with E-state index in [4.69, 9.17) is 37.9 Å². The third kappa shape index (κ3) is 29.7. The summed E-state index contributed by atoms with van der Waals surface area (Å²) in [4.78, 5) is 159. The molecule has 9 amide bonds. The topological polar surface area (TPSA) is 451 Å². The zero-order chi connectivity index (χ0) is 90.2. The Kier molecular flexibility index (Phi) is 44.2. The molecule has 0 spiro atoms. The first-order valence-corrected chi connectivity index (χ1v) is 44.0. The maximum atomic E-state index is 15.1. The van der Waals surface area contributed by atoms with Crippen LogP contribution in [0.3, 0.4) is 0 Å². The average Bonchev–Trinajstić information content (AvgIpc) is 1.58. The summed E-state index contributed by atoms with van der Waals surface area (Å²) in [6, 6.07) is 4.01. The van der Waals surface area contributed by atoms with Crippen LogP contribution in [0.1, 0.15) is 197 Å². The van der Waals surface area contributed by atoms with Crippen molar-refractivity contribution in [2.24, 2.45) is 47.3 Å². The van der Waals surface area contributed by atoms with Gasteiger partial charge in [0.05, 0.1) is 138 Å². The summed E-state index contributed by atoms with van der Waals surface area (Å²) in [6.07, 6.45) is -4.63. The van der Waals surface area contributed by atoms with Gasteiger partial charge in [-0.2, -0.15) is 0 Å². The van der Waals surface area contributed by atoms with E-state index >= 15 is 4.79 Å². The molecule has 2 unspecified atom stereocenters. The Bertz CT molecular complexity index is 3520. The van der Waals surface area contributed by atoms with Gasteiger partial charge in [-0.15, -0.1) is 5.53 Å². The van der Waals surface area contributed by atoms with Crippen LogP contribution in [0.15, 0.2) is 41.7 Å². The molecule has 35 heteroatoms. The molecule has 4 heterocycles. The largest absolute Gasteiger partial charge is 0.394 e. The number of rotatable bonds is 54. The molecule has 3 fully saturated rings. The molecule has 6 rings (SSSR count). The number of ether oxygens (including phenoxy) is 8. The van der Waals surface area contributed by atoms with Gasteiger partial charge in [0.25, 0.3) is 0 Å². The fraction of sp³-hybridized carbons (Fsp3) is 0.782. The summed E-state index contributed by atoms with van der Waals surface area (Å²) in [5.74, 6) is -8.68. The van der Waals surface area contributed by atoms with Crippen LogP contribution < -0.4 is 32.2 Å². The van der Waals surface area contributed by atoms with Gasteiger partial charge in [0.2, 0.25) is 53.2 Å². The van der Waals surface area contributed by atoms with Crippen LogP contribution >= 0.6 is 0 Å². The van der Waals surface area contributed by atoms with E-state index < -0.39 is 157 Å². The lowest BCUT2D eigenvalue weighted by molar-refractivity contribution is -0.266. The number of allylic oxidation sites excluding steroid dienone is 1. The number of amides is 9. The number of likely N-dealkylation sites (N-methyl/N-ethyl adjacent to an activating group) is 2. The number of hydrazine groups is 2. The normalized spacial score (nSPS) is 23.1. The number of methoxy groups -OCH3 is 2. The summed E-state index contributed by atoms with van der Waals surface area (Å²) in [7, 11) is 6.19. The van der Waals surface area contributed by atoms with E-state index in [1.165, 1.54) is 36.1 Å². The van der Waals surface area contributed by atoms with Crippen molar-refractivity contribution in [1.82, 2.24) is 56.8 Å². The summed E-state index contributed by atoms with van der Waals surface area (Å²) in [6.45, 7) is 22.9. The lowest BCUT2D eigenvalue weighted by atomic mass is 9.83. The van der Waals surface area contributed by atoms with Crippen molar-refractivity contribution < 1.29 is 116 Å². The first-order chi connectivity index (χ1) is 58.0. The van der Waals surface area contributed by atoms with E-state index in [0.29, 0.717) is 68.4 Å².